The summed E-state index contributed by atoms with van der Waals surface area (Å²) < 4.78 is 38.2. The minimum Gasteiger partial charge on any atom is -0.299 e. The van der Waals surface area contributed by atoms with Crippen molar-refractivity contribution in [1.82, 2.24) is 4.90 Å². The molecule has 1 atom stereocenters. The Balaban J connectivity index is 2.33. The third-order valence-corrected chi connectivity index (χ3v) is 6.42. The van der Waals surface area contributed by atoms with Gasteiger partial charge in [0.2, 0.25) is 0 Å². The molecule has 2 aromatic rings. The molecule has 0 bridgehead atoms. The van der Waals surface area contributed by atoms with Gasteiger partial charge < -0.3 is 0 Å². The molecule has 1 heterocycles. The lowest BCUT2D eigenvalue weighted by atomic mass is 9.93. The van der Waals surface area contributed by atoms with E-state index >= 15 is 0 Å². The normalized spacial score (nSPS) is 16.2. The first-order valence-corrected chi connectivity index (χ1v) is 11.5. The van der Waals surface area contributed by atoms with Crippen molar-refractivity contribution in [1.29, 1.82) is 15.8 Å². The molecule has 0 radical (unpaired) electrons. The molecule has 1 aliphatic heterocycles. The van der Waals surface area contributed by atoms with Gasteiger partial charge in [-0.2, -0.15) is 15.8 Å². The number of benzene rings is 2. The van der Waals surface area contributed by atoms with Crippen molar-refractivity contribution in [2.45, 2.75) is 24.5 Å². The van der Waals surface area contributed by atoms with Gasteiger partial charge in [0.15, 0.2) is 9.84 Å². The Morgan fingerprint density at radius 2 is 1.82 bits per heavy atom. The Morgan fingerprint density at radius 1 is 1.09 bits per heavy atom. The van der Waals surface area contributed by atoms with Crippen molar-refractivity contribution >= 4 is 21.6 Å². The van der Waals surface area contributed by atoms with Crippen molar-refractivity contribution in [2.24, 2.45) is 0 Å². The quantitative estimate of drug-likeness (QED) is 0.621. The van der Waals surface area contributed by atoms with Crippen LogP contribution in [0.4, 0.5) is 14.9 Å². The molecule has 1 aliphatic rings. The third-order valence-electron chi connectivity index (χ3n) is 5.27. The molecular formula is C23H18FN5O3S. The first-order valence-electron chi connectivity index (χ1n) is 9.65. The Bertz CT molecular complexity index is 1400. The number of nitrogens with zero attached hydrogens (tertiary/aromatic N) is 5. The van der Waals surface area contributed by atoms with Crippen LogP contribution in [0.1, 0.15) is 29.7 Å². The molecule has 3 rings (SSSR count). The van der Waals surface area contributed by atoms with E-state index in [9.17, 15) is 33.4 Å². The van der Waals surface area contributed by atoms with Crippen LogP contribution in [-0.4, -0.2) is 32.1 Å². The largest absolute Gasteiger partial charge is 0.330 e. The fraction of sp³-hybridized carbons (Fsp3) is 0.217. The molecule has 33 heavy (non-hydrogen) atoms. The maximum Gasteiger partial charge on any atom is 0.330 e. The van der Waals surface area contributed by atoms with E-state index in [1.807, 2.05) is 18.2 Å². The Labute approximate surface area is 190 Å². The van der Waals surface area contributed by atoms with Gasteiger partial charge in [0.25, 0.3) is 0 Å². The summed E-state index contributed by atoms with van der Waals surface area (Å²) in [7, 11) is -3.85. The molecule has 0 N–H and O–H groups in total. The van der Waals surface area contributed by atoms with Gasteiger partial charge in [-0.3, -0.25) is 9.80 Å². The van der Waals surface area contributed by atoms with Gasteiger partial charge in [0.05, 0.1) is 46.0 Å². The van der Waals surface area contributed by atoms with Gasteiger partial charge in [0, 0.05) is 12.0 Å². The Hall–Kier alpha value is -4.20. The maximum absolute atomic E-state index is 13.5. The van der Waals surface area contributed by atoms with E-state index in [1.165, 1.54) is 36.1 Å². The number of allylic oxidation sites excluding steroid dienone is 1. The first kappa shape index (κ1) is 23.5. The smallest absolute Gasteiger partial charge is 0.299 e. The number of rotatable bonds is 5. The zero-order chi connectivity index (χ0) is 24.3. The molecule has 2 amide bonds. The van der Waals surface area contributed by atoms with Gasteiger partial charge in [-0.1, -0.05) is 18.2 Å². The van der Waals surface area contributed by atoms with Gasteiger partial charge in [-0.25, -0.2) is 17.6 Å². The van der Waals surface area contributed by atoms with Crippen LogP contribution < -0.4 is 4.90 Å². The summed E-state index contributed by atoms with van der Waals surface area (Å²) in [6.45, 7) is 0.334. The highest BCUT2D eigenvalue weighted by atomic mass is 32.2. The van der Waals surface area contributed by atoms with Crippen LogP contribution in [0.2, 0.25) is 0 Å². The monoisotopic (exact) mass is 463 g/mol. The lowest BCUT2D eigenvalue weighted by molar-refractivity contribution is 0.195. The molecule has 0 spiro atoms. The van der Waals surface area contributed by atoms with Crippen LogP contribution in [0.3, 0.4) is 0 Å². The SMILES string of the molecule is CC1=C(C#N)[C@@H](c2ccc(C#N)cc2S(C)(=O)=O)N(CC#N)C(=O)N1c1cccc(CF)c1. The Morgan fingerprint density at radius 3 is 2.39 bits per heavy atom. The molecule has 166 valence electrons. The molecule has 0 fully saturated rings. The van der Waals surface area contributed by atoms with Crippen molar-refractivity contribution in [3.05, 3.63) is 70.4 Å². The van der Waals surface area contributed by atoms with E-state index in [1.54, 1.807) is 18.2 Å². The number of hydrogen-bond donors (Lipinski definition) is 0. The number of sulfone groups is 1. The summed E-state index contributed by atoms with van der Waals surface area (Å²) in [6, 6.07) is 14.1. The van der Waals surface area contributed by atoms with E-state index in [2.05, 4.69) is 0 Å². The number of alkyl halides is 1. The molecule has 0 saturated carbocycles. The number of halogens is 1. The second kappa shape index (κ2) is 9.12. The number of amides is 2. The summed E-state index contributed by atoms with van der Waals surface area (Å²) in [5.41, 5.74) is 1.11. The molecular weight excluding hydrogens is 445 g/mol. The van der Waals surface area contributed by atoms with Crippen molar-refractivity contribution in [3.63, 3.8) is 0 Å². The number of carbonyl (C=O) groups is 1. The lowest BCUT2D eigenvalue weighted by Gasteiger charge is -2.41. The first-order chi connectivity index (χ1) is 15.7. The van der Waals surface area contributed by atoms with Gasteiger partial charge >= 0.3 is 6.03 Å². The summed E-state index contributed by atoms with van der Waals surface area (Å²) in [4.78, 5) is 15.6. The highest BCUT2D eigenvalue weighted by Gasteiger charge is 2.41. The van der Waals surface area contributed by atoms with Crippen LogP contribution in [0.25, 0.3) is 0 Å². The van der Waals surface area contributed by atoms with E-state index in [4.69, 9.17) is 0 Å². The van der Waals surface area contributed by atoms with E-state index < -0.39 is 35.1 Å². The summed E-state index contributed by atoms with van der Waals surface area (Å²) in [5, 5.41) is 28.6. The number of nitriles is 3. The van der Waals surface area contributed by atoms with Crippen molar-refractivity contribution in [2.75, 3.05) is 17.7 Å². The second-order valence-electron chi connectivity index (χ2n) is 7.36. The van der Waals surface area contributed by atoms with Crippen molar-refractivity contribution < 1.29 is 17.6 Å². The average molecular weight is 463 g/mol. The number of hydrogen-bond acceptors (Lipinski definition) is 6. The van der Waals surface area contributed by atoms with Crippen LogP contribution >= 0.6 is 0 Å². The molecule has 0 aliphatic carbocycles. The predicted octanol–water partition coefficient (Wildman–Crippen LogP) is 3.74. The number of anilines is 1. The topological polar surface area (TPSA) is 129 Å². The maximum atomic E-state index is 13.5. The summed E-state index contributed by atoms with van der Waals surface area (Å²) in [5.74, 6) is 0. The average Bonchev–Trinajstić information content (AvgIpc) is 2.80. The van der Waals surface area contributed by atoms with Crippen LogP contribution in [0.15, 0.2) is 58.6 Å². The number of urea groups is 1. The zero-order valence-electron chi connectivity index (χ0n) is 17.8. The zero-order valence-corrected chi connectivity index (χ0v) is 18.6. The third kappa shape index (κ3) is 4.27. The Kier molecular flexibility index (Phi) is 6.48. The second-order valence-corrected chi connectivity index (χ2v) is 9.34. The molecule has 2 aromatic carbocycles. The van der Waals surface area contributed by atoms with Gasteiger partial charge in [-0.15, -0.1) is 0 Å². The summed E-state index contributed by atoms with van der Waals surface area (Å²) >= 11 is 0. The molecule has 0 aromatic heterocycles. The van der Waals surface area contributed by atoms with Gasteiger partial charge in [-0.05, 0) is 42.3 Å². The molecule has 0 unspecified atom stereocenters. The van der Waals surface area contributed by atoms with Crippen LogP contribution in [-0.2, 0) is 16.5 Å². The van der Waals surface area contributed by atoms with E-state index in [0.29, 0.717) is 11.3 Å². The molecule has 8 nitrogen and oxygen atoms in total. The fourth-order valence-corrected chi connectivity index (χ4v) is 4.74. The highest BCUT2D eigenvalue weighted by Crippen LogP contribution is 2.41. The summed E-state index contributed by atoms with van der Waals surface area (Å²) in [6.07, 6.45) is 0.962. The molecule has 0 saturated heterocycles. The van der Waals surface area contributed by atoms with Gasteiger partial charge in [0.1, 0.15) is 13.2 Å². The lowest BCUT2D eigenvalue weighted by Crippen LogP contribution is -2.49. The van der Waals surface area contributed by atoms with Crippen molar-refractivity contribution in [3.8, 4) is 18.2 Å². The van der Waals surface area contributed by atoms with E-state index in [0.717, 1.165) is 11.2 Å². The standard InChI is InChI=1S/C23H18FN5O3S/c1-15-20(14-27)22(19-7-6-17(13-26)11-21(19)33(2,31)32)28(9-8-25)23(30)29(15)18-5-3-4-16(10-18)12-24/h3-7,10-11,22H,9,12H2,1-2H3/t22-/m1/s1. The molecule has 10 heteroatoms. The fourth-order valence-electron chi connectivity index (χ4n) is 3.79. The van der Waals surface area contributed by atoms with Crippen LogP contribution in [0.5, 0.6) is 0 Å². The van der Waals surface area contributed by atoms with E-state index in [-0.39, 0.29) is 27.3 Å². The minimum absolute atomic E-state index is 0.0464. The minimum atomic E-state index is -3.85. The van der Waals surface area contributed by atoms with Crippen LogP contribution in [0, 0.1) is 34.0 Å². The number of carbonyl (C=O) groups excluding carboxylic acids is 1. The highest BCUT2D eigenvalue weighted by molar-refractivity contribution is 7.90. The predicted molar refractivity (Wildman–Crippen MR) is 117 cm³/mol.